The Hall–Kier alpha value is -3.68. The second-order valence-electron chi connectivity index (χ2n) is 7.08. The van der Waals surface area contributed by atoms with Crippen molar-refractivity contribution in [2.45, 2.75) is 5.92 Å². The summed E-state index contributed by atoms with van der Waals surface area (Å²) < 4.78 is 19.9. The van der Waals surface area contributed by atoms with Crippen molar-refractivity contribution in [2.24, 2.45) is 0 Å². The molecule has 0 saturated heterocycles. The molecule has 0 radical (unpaired) electrons. The second kappa shape index (κ2) is 9.44. The number of aromatic nitrogens is 1. The summed E-state index contributed by atoms with van der Waals surface area (Å²) >= 11 is 11.9. The van der Waals surface area contributed by atoms with Gasteiger partial charge in [0, 0.05) is 16.1 Å². The third-order valence-electron chi connectivity index (χ3n) is 4.90. The van der Waals surface area contributed by atoms with Crippen LogP contribution >= 0.6 is 23.2 Å². The molecule has 1 heterocycles. The summed E-state index contributed by atoms with van der Waals surface area (Å²) in [6.07, 6.45) is 3.94. The van der Waals surface area contributed by atoms with Gasteiger partial charge in [-0.15, -0.1) is 0 Å². The summed E-state index contributed by atoms with van der Waals surface area (Å²) in [5, 5.41) is 13.0. The Labute approximate surface area is 197 Å². The number of halogens is 3. The molecule has 166 valence electrons. The lowest BCUT2D eigenvalue weighted by Gasteiger charge is -2.14. The second-order valence-corrected chi connectivity index (χ2v) is 7.92. The van der Waals surface area contributed by atoms with Gasteiger partial charge in [-0.1, -0.05) is 41.4 Å². The summed E-state index contributed by atoms with van der Waals surface area (Å²) in [5.74, 6) is -3.64. The van der Waals surface area contributed by atoms with E-state index < -0.39 is 23.6 Å². The zero-order chi connectivity index (χ0) is 23.5. The molecule has 1 atom stereocenters. The fourth-order valence-corrected chi connectivity index (χ4v) is 3.79. The van der Waals surface area contributed by atoms with E-state index in [9.17, 15) is 19.1 Å². The van der Waals surface area contributed by atoms with Gasteiger partial charge in [-0.25, -0.2) is 9.37 Å². The summed E-state index contributed by atoms with van der Waals surface area (Å²) in [6, 6.07) is 13.4. The average Bonchev–Trinajstić information content (AvgIpc) is 3.23. The number of oxazole rings is 1. The molecular formula is C24H15Cl2FN2O4. The molecule has 1 amide bonds. The van der Waals surface area contributed by atoms with Gasteiger partial charge >= 0.3 is 5.97 Å². The third-order valence-corrected chi connectivity index (χ3v) is 5.46. The maximum Gasteiger partial charge on any atom is 0.315 e. The molecule has 3 aromatic carbocycles. The van der Waals surface area contributed by atoms with Crippen LogP contribution in [0.3, 0.4) is 0 Å². The molecule has 0 aliphatic rings. The maximum atomic E-state index is 14.7. The molecule has 33 heavy (non-hydrogen) atoms. The first-order chi connectivity index (χ1) is 15.8. The number of nitrogens with zero attached hydrogens (tertiary/aromatic N) is 1. The van der Waals surface area contributed by atoms with Gasteiger partial charge in [0.05, 0.1) is 5.69 Å². The first-order valence-electron chi connectivity index (χ1n) is 9.61. The van der Waals surface area contributed by atoms with Crippen LogP contribution in [0.25, 0.3) is 17.2 Å². The van der Waals surface area contributed by atoms with E-state index in [1.165, 1.54) is 30.7 Å². The van der Waals surface area contributed by atoms with Gasteiger partial charge in [-0.2, -0.15) is 0 Å². The van der Waals surface area contributed by atoms with Crippen molar-refractivity contribution in [3.63, 3.8) is 0 Å². The van der Waals surface area contributed by atoms with Crippen LogP contribution in [0.1, 0.15) is 22.6 Å². The standard InChI is InChI=1S/C24H15Cl2FN2O4/c25-16-5-1-13(17(26)11-16)4-8-22(30)29-19-6-2-14(9-18(19)27)23(24(31)32)15-3-7-21-20(10-15)28-12-33-21/h1-12,23H,(H,29,30)(H,31,32). The third kappa shape index (κ3) is 5.05. The number of hydrogen-bond acceptors (Lipinski definition) is 4. The van der Waals surface area contributed by atoms with E-state index in [0.29, 0.717) is 32.3 Å². The van der Waals surface area contributed by atoms with Crippen LogP contribution in [0.2, 0.25) is 10.0 Å². The van der Waals surface area contributed by atoms with Crippen LogP contribution in [0.5, 0.6) is 0 Å². The van der Waals surface area contributed by atoms with E-state index in [4.69, 9.17) is 27.6 Å². The number of hydrogen-bond donors (Lipinski definition) is 2. The zero-order valence-corrected chi connectivity index (χ0v) is 18.3. The predicted octanol–water partition coefficient (Wildman–Crippen LogP) is 6.14. The van der Waals surface area contributed by atoms with Crippen LogP contribution in [0.4, 0.5) is 10.1 Å². The minimum atomic E-state index is -1.16. The van der Waals surface area contributed by atoms with Gasteiger partial charge in [-0.05, 0) is 59.2 Å². The molecule has 6 nitrogen and oxygen atoms in total. The lowest BCUT2D eigenvalue weighted by Crippen LogP contribution is -2.14. The fraction of sp³-hybridized carbons (Fsp3) is 0.0417. The number of benzene rings is 3. The van der Waals surface area contributed by atoms with Crippen molar-refractivity contribution in [1.82, 2.24) is 4.98 Å². The van der Waals surface area contributed by atoms with E-state index in [2.05, 4.69) is 10.3 Å². The van der Waals surface area contributed by atoms with Crippen LogP contribution in [-0.4, -0.2) is 22.0 Å². The van der Waals surface area contributed by atoms with Crippen molar-refractivity contribution >= 4 is 57.9 Å². The molecule has 1 aromatic heterocycles. The zero-order valence-electron chi connectivity index (χ0n) is 16.8. The molecule has 0 fully saturated rings. The van der Waals surface area contributed by atoms with E-state index in [1.807, 2.05) is 0 Å². The van der Waals surface area contributed by atoms with Crippen molar-refractivity contribution in [1.29, 1.82) is 0 Å². The van der Waals surface area contributed by atoms with E-state index >= 15 is 0 Å². The Morgan fingerprint density at radius 1 is 1.06 bits per heavy atom. The van der Waals surface area contributed by atoms with Crippen LogP contribution in [0, 0.1) is 5.82 Å². The Morgan fingerprint density at radius 2 is 1.82 bits per heavy atom. The molecule has 4 rings (SSSR count). The molecule has 0 aliphatic carbocycles. The van der Waals surface area contributed by atoms with Gasteiger partial charge in [-0.3, -0.25) is 9.59 Å². The van der Waals surface area contributed by atoms with E-state index in [-0.39, 0.29) is 11.3 Å². The normalized spacial score (nSPS) is 12.2. The SMILES string of the molecule is O=C(C=Cc1ccc(Cl)cc1Cl)Nc1ccc(C(C(=O)O)c2ccc3ocnc3c2)cc1F. The Balaban J connectivity index is 1.54. The summed E-state index contributed by atoms with van der Waals surface area (Å²) in [7, 11) is 0. The van der Waals surface area contributed by atoms with Crippen molar-refractivity contribution in [2.75, 3.05) is 5.32 Å². The van der Waals surface area contributed by atoms with Crippen molar-refractivity contribution in [3.05, 3.63) is 99.6 Å². The Morgan fingerprint density at radius 3 is 2.55 bits per heavy atom. The molecule has 4 aromatic rings. The van der Waals surface area contributed by atoms with Crippen molar-refractivity contribution in [3.8, 4) is 0 Å². The number of anilines is 1. The number of carboxylic acid groups (broad SMARTS) is 1. The van der Waals surface area contributed by atoms with Crippen LogP contribution < -0.4 is 5.32 Å². The molecular weight excluding hydrogens is 470 g/mol. The first kappa shape index (κ1) is 22.5. The molecule has 1 unspecified atom stereocenters. The van der Waals surface area contributed by atoms with Crippen molar-refractivity contribution < 1.29 is 23.5 Å². The van der Waals surface area contributed by atoms with E-state index in [1.54, 1.807) is 36.4 Å². The van der Waals surface area contributed by atoms with Gasteiger partial charge in [0.2, 0.25) is 5.91 Å². The molecule has 0 bridgehead atoms. The minimum Gasteiger partial charge on any atom is -0.481 e. The Bertz CT molecular complexity index is 1400. The number of aliphatic carboxylic acids is 1. The van der Waals surface area contributed by atoms with Gasteiger partial charge in [0.15, 0.2) is 12.0 Å². The summed E-state index contributed by atoms with van der Waals surface area (Å²) in [6.45, 7) is 0. The Kier molecular flexibility index (Phi) is 6.44. The van der Waals surface area contributed by atoms with E-state index in [0.717, 1.165) is 6.07 Å². The van der Waals surface area contributed by atoms with Crippen LogP contribution in [-0.2, 0) is 9.59 Å². The van der Waals surface area contributed by atoms with Crippen LogP contribution in [0.15, 0.2) is 71.5 Å². The molecule has 2 N–H and O–H groups in total. The number of carbonyl (C=O) groups excluding carboxylic acids is 1. The van der Waals surface area contributed by atoms with Gasteiger partial charge in [0.25, 0.3) is 0 Å². The number of carbonyl (C=O) groups is 2. The highest BCUT2D eigenvalue weighted by molar-refractivity contribution is 6.35. The average molecular weight is 485 g/mol. The number of amides is 1. The lowest BCUT2D eigenvalue weighted by atomic mass is 9.91. The van der Waals surface area contributed by atoms with Gasteiger partial charge in [0.1, 0.15) is 17.3 Å². The summed E-state index contributed by atoms with van der Waals surface area (Å²) in [5.41, 5.74) is 2.12. The first-order valence-corrected chi connectivity index (χ1v) is 10.4. The molecule has 0 saturated carbocycles. The number of carboxylic acids is 1. The number of fused-ring (bicyclic) bond motifs is 1. The van der Waals surface area contributed by atoms with Gasteiger partial charge < -0.3 is 14.8 Å². The highest BCUT2D eigenvalue weighted by atomic mass is 35.5. The summed E-state index contributed by atoms with van der Waals surface area (Å²) in [4.78, 5) is 28.2. The smallest absolute Gasteiger partial charge is 0.315 e. The quantitative estimate of drug-likeness (QED) is 0.320. The maximum absolute atomic E-state index is 14.7. The lowest BCUT2D eigenvalue weighted by molar-refractivity contribution is -0.137. The molecule has 9 heteroatoms. The highest BCUT2D eigenvalue weighted by Gasteiger charge is 2.24. The predicted molar refractivity (Wildman–Crippen MR) is 124 cm³/mol. The fourth-order valence-electron chi connectivity index (χ4n) is 3.32. The number of nitrogens with one attached hydrogen (secondary N) is 1. The molecule has 0 spiro atoms. The number of rotatable bonds is 6. The molecule has 0 aliphatic heterocycles. The topological polar surface area (TPSA) is 92.4 Å². The highest BCUT2D eigenvalue weighted by Crippen LogP contribution is 2.30. The largest absolute Gasteiger partial charge is 0.481 e. The minimum absolute atomic E-state index is 0.0910. The monoisotopic (exact) mass is 484 g/mol.